The lowest BCUT2D eigenvalue weighted by Gasteiger charge is -2.57. The van der Waals surface area contributed by atoms with E-state index in [4.69, 9.17) is 9.47 Å². The highest BCUT2D eigenvalue weighted by Crippen LogP contribution is 2.61. The maximum absolute atomic E-state index is 13.5. The summed E-state index contributed by atoms with van der Waals surface area (Å²) in [7, 11) is 2.67. The Hall–Kier alpha value is -2.63. The van der Waals surface area contributed by atoms with Gasteiger partial charge in [0.15, 0.2) is 0 Å². The average Bonchev–Trinajstić information content (AvgIpc) is 2.81. The van der Waals surface area contributed by atoms with E-state index in [1.54, 1.807) is 24.5 Å². The zero-order valence-electron chi connectivity index (χ0n) is 19.4. The average molecular weight is 454 g/mol. The Balaban J connectivity index is 1.43. The fourth-order valence-corrected chi connectivity index (χ4v) is 7.39. The van der Waals surface area contributed by atoms with Gasteiger partial charge in [0.25, 0.3) is 0 Å². The zero-order valence-corrected chi connectivity index (χ0v) is 19.4. The SMILES string of the molecule is COC(=O)C1=CN(CCC23CC4CC(CC(C4)C2)C3)C=C(C(=O)OC)C1c1ccc(F)cc1. The van der Waals surface area contributed by atoms with E-state index in [0.717, 1.165) is 30.7 Å². The predicted molar refractivity (Wildman–Crippen MR) is 121 cm³/mol. The van der Waals surface area contributed by atoms with Gasteiger partial charge in [-0.25, -0.2) is 14.0 Å². The summed E-state index contributed by atoms with van der Waals surface area (Å²) in [6, 6.07) is 5.86. The van der Waals surface area contributed by atoms with Crippen molar-refractivity contribution in [2.45, 2.75) is 50.9 Å². The first kappa shape index (κ1) is 22.2. The Morgan fingerprint density at radius 1 is 0.909 bits per heavy atom. The fourth-order valence-electron chi connectivity index (χ4n) is 7.39. The molecule has 33 heavy (non-hydrogen) atoms. The Labute approximate surface area is 194 Å². The van der Waals surface area contributed by atoms with Crippen molar-refractivity contribution in [3.05, 3.63) is 59.2 Å². The summed E-state index contributed by atoms with van der Waals surface area (Å²) in [6.07, 6.45) is 12.8. The first-order chi connectivity index (χ1) is 15.9. The third-order valence-electron chi connectivity index (χ3n) is 8.34. The number of benzene rings is 1. The highest BCUT2D eigenvalue weighted by molar-refractivity contribution is 5.98. The van der Waals surface area contributed by atoms with Gasteiger partial charge in [-0.2, -0.15) is 0 Å². The third-order valence-corrected chi connectivity index (χ3v) is 8.34. The summed E-state index contributed by atoms with van der Waals surface area (Å²) in [5, 5.41) is 0. The van der Waals surface area contributed by atoms with Crippen LogP contribution in [-0.2, 0) is 19.1 Å². The van der Waals surface area contributed by atoms with Gasteiger partial charge in [-0.15, -0.1) is 0 Å². The number of halogens is 1. The fraction of sp³-hybridized carbons (Fsp3) is 0.556. The van der Waals surface area contributed by atoms with Gasteiger partial charge in [-0.05, 0) is 85.8 Å². The molecule has 1 heterocycles. The molecule has 4 bridgehead atoms. The first-order valence-corrected chi connectivity index (χ1v) is 12.0. The van der Waals surface area contributed by atoms with Crippen molar-refractivity contribution in [1.29, 1.82) is 0 Å². The van der Waals surface area contributed by atoms with Crippen LogP contribution in [0.2, 0.25) is 0 Å². The molecule has 0 atom stereocenters. The zero-order chi connectivity index (χ0) is 23.2. The standard InChI is InChI=1S/C27H32FNO4/c1-32-25(30)22-15-29(8-7-27-12-17-9-18(13-27)11-19(10-17)14-27)16-23(26(31)33-2)24(22)20-3-5-21(28)6-4-20/h3-6,15-19,24H,7-14H2,1-2H3. The molecule has 1 aromatic carbocycles. The molecular weight excluding hydrogens is 421 g/mol. The molecule has 6 heteroatoms. The van der Waals surface area contributed by atoms with Gasteiger partial charge in [0, 0.05) is 18.9 Å². The van der Waals surface area contributed by atoms with E-state index >= 15 is 0 Å². The number of rotatable bonds is 6. The molecule has 1 aliphatic heterocycles. The van der Waals surface area contributed by atoms with Crippen LogP contribution >= 0.6 is 0 Å². The summed E-state index contributed by atoms with van der Waals surface area (Å²) < 4.78 is 23.7. The summed E-state index contributed by atoms with van der Waals surface area (Å²) >= 11 is 0. The van der Waals surface area contributed by atoms with Crippen molar-refractivity contribution in [3.8, 4) is 0 Å². The molecule has 0 spiro atoms. The Bertz CT molecular complexity index is 927. The van der Waals surface area contributed by atoms with Crippen LogP contribution in [0.15, 0.2) is 47.8 Å². The van der Waals surface area contributed by atoms with Crippen molar-refractivity contribution in [2.24, 2.45) is 23.2 Å². The number of hydrogen-bond acceptors (Lipinski definition) is 5. The molecule has 0 unspecified atom stereocenters. The van der Waals surface area contributed by atoms with Gasteiger partial charge in [-0.1, -0.05) is 12.1 Å². The number of carbonyl (C=O) groups excluding carboxylic acids is 2. The molecule has 0 radical (unpaired) electrons. The molecule has 4 fully saturated rings. The molecule has 5 nitrogen and oxygen atoms in total. The Morgan fingerprint density at radius 2 is 1.39 bits per heavy atom. The van der Waals surface area contributed by atoms with Crippen LogP contribution in [0.4, 0.5) is 4.39 Å². The molecule has 6 rings (SSSR count). The largest absolute Gasteiger partial charge is 0.466 e. The topological polar surface area (TPSA) is 55.8 Å². The minimum atomic E-state index is -0.665. The van der Waals surface area contributed by atoms with Crippen LogP contribution in [-0.4, -0.2) is 37.6 Å². The molecule has 1 aromatic rings. The highest BCUT2D eigenvalue weighted by Gasteiger charge is 2.50. The molecule has 0 aromatic heterocycles. The first-order valence-electron chi connectivity index (χ1n) is 12.0. The van der Waals surface area contributed by atoms with Crippen LogP contribution in [0, 0.1) is 29.0 Å². The van der Waals surface area contributed by atoms with Crippen LogP contribution in [0.5, 0.6) is 0 Å². The van der Waals surface area contributed by atoms with E-state index in [-0.39, 0.29) is 5.82 Å². The third kappa shape index (κ3) is 4.20. The van der Waals surface area contributed by atoms with E-state index in [9.17, 15) is 14.0 Å². The molecule has 0 N–H and O–H groups in total. The lowest BCUT2D eigenvalue weighted by atomic mass is 9.49. The summed E-state index contributed by atoms with van der Waals surface area (Å²) in [5.41, 5.74) is 1.75. The molecule has 4 aliphatic carbocycles. The van der Waals surface area contributed by atoms with Crippen LogP contribution in [0.3, 0.4) is 0 Å². The molecular formula is C27H32FNO4. The number of carbonyl (C=O) groups is 2. The Kier molecular flexibility index (Phi) is 5.79. The number of nitrogens with zero attached hydrogens (tertiary/aromatic N) is 1. The molecule has 4 saturated carbocycles. The van der Waals surface area contributed by atoms with Crippen molar-refractivity contribution in [2.75, 3.05) is 20.8 Å². The van der Waals surface area contributed by atoms with E-state index in [0.29, 0.717) is 22.1 Å². The summed E-state index contributed by atoms with van der Waals surface area (Å²) in [4.78, 5) is 27.5. The van der Waals surface area contributed by atoms with Crippen LogP contribution in [0.1, 0.15) is 56.4 Å². The number of esters is 2. The lowest BCUT2D eigenvalue weighted by Crippen LogP contribution is -2.47. The highest BCUT2D eigenvalue weighted by atomic mass is 19.1. The molecule has 0 saturated heterocycles. The number of methoxy groups -OCH3 is 2. The van der Waals surface area contributed by atoms with Gasteiger partial charge < -0.3 is 14.4 Å². The van der Waals surface area contributed by atoms with Gasteiger partial charge >= 0.3 is 11.9 Å². The van der Waals surface area contributed by atoms with Crippen molar-refractivity contribution in [1.82, 2.24) is 4.90 Å². The maximum Gasteiger partial charge on any atom is 0.336 e. The molecule has 0 amide bonds. The van der Waals surface area contributed by atoms with Crippen molar-refractivity contribution < 1.29 is 23.5 Å². The van der Waals surface area contributed by atoms with Crippen molar-refractivity contribution in [3.63, 3.8) is 0 Å². The second-order valence-corrected chi connectivity index (χ2v) is 10.5. The van der Waals surface area contributed by atoms with E-state index < -0.39 is 17.9 Å². The summed E-state index contributed by atoms with van der Waals surface area (Å²) in [6.45, 7) is 0.739. The van der Waals surface area contributed by atoms with Crippen LogP contribution in [0.25, 0.3) is 0 Å². The second-order valence-electron chi connectivity index (χ2n) is 10.5. The van der Waals surface area contributed by atoms with Crippen molar-refractivity contribution >= 4 is 11.9 Å². The smallest absolute Gasteiger partial charge is 0.336 e. The minimum Gasteiger partial charge on any atom is -0.466 e. The summed E-state index contributed by atoms with van der Waals surface area (Å²) in [5.74, 6) is 0.589. The van der Waals surface area contributed by atoms with Crippen LogP contribution < -0.4 is 0 Å². The minimum absolute atomic E-state index is 0.359. The number of ether oxygens (including phenoxy) is 2. The number of hydrogen-bond donors (Lipinski definition) is 0. The molecule has 5 aliphatic rings. The van der Waals surface area contributed by atoms with E-state index in [2.05, 4.69) is 0 Å². The predicted octanol–water partition coefficient (Wildman–Crippen LogP) is 4.95. The van der Waals surface area contributed by atoms with Gasteiger partial charge in [0.1, 0.15) is 5.82 Å². The monoisotopic (exact) mass is 453 g/mol. The normalized spacial score (nSPS) is 30.6. The van der Waals surface area contributed by atoms with Gasteiger partial charge in [0.2, 0.25) is 0 Å². The van der Waals surface area contributed by atoms with Gasteiger partial charge in [0.05, 0.1) is 31.3 Å². The quantitative estimate of drug-likeness (QED) is 0.571. The lowest BCUT2D eigenvalue weighted by molar-refractivity contribution is -0.137. The maximum atomic E-state index is 13.5. The van der Waals surface area contributed by atoms with E-state index in [1.807, 2.05) is 4.90 Å². The second kappa shape index (κ2) is 8.62. The Morgan fingerprint density at radius 3 is 1.85 bits per heavy atom. The molecule has 176 valence electrons. The van der Waals surface area contributed by atoms with E-state index in [1.165, 1.54) is 64.9 Å². The van der Waals surface area contributed by atoms with Gasteiger partial charge in [-0.3, -0.25) is 0 Å².